The molecule has 1 aromatic rings. The Labute approximate surface area is 80.2 Å². The lowest BCUT2D eigenvalue weighted by Gasteiger charge is -2.12. The standard InChI is InChI=1S/C12H15N/c1-3-4-10-12(13-2)11-8-6-5-7-9-11/h5-9,12-13H,10H2,1-2H3. The molecule has 1 unspecified atom stereocenters. The van der Waals surface area contributed by atoms with Crippen molar-refractivity contribution < 1.29 is 0 Å². The molecule has 1 rings (SSSR count). The molecule has 0 fully saturated rings. The highest BCUT2D eigenvalue weighted by atomic mass is 14.9. The first-order valence-corrected chi connectivity index (χ1v) is 4.50. The Morgan fingerprint density at radius 3 is 2.54 bits per heavy atom. The first-order valence-electron chi connectivity index (χ1n) is 4.50. The van der Waals surface area contributed by atoms with Crippen molar-refractivity contribution in [2.75, 3.05) is 7.05 Å². The molecule has 1 nitrogen and oxygen atoms in total. The smallest absolute Gasteiger partial charge is 0.0428 e. The van der Waals surface area contributed by atoms with Crippen LogP contribution in [0.25, 0.3) is 0 Å². The van der Waals surface area contributed by atoms with E-state index in [1.54, 1.807) is 0 Å². The molecule has 13 heavy (non-hydrogen) atoms. The molecule has 0 aliphatic carbocycles. The second kappa shape index (κ2) is 5.40. The van der Waals surface area contributed by atoms with Crippen LogP contribution < -0.4 is 5.32 Å². The summed E-state index contributed by atoms with van der Waals surface area (Å²) >= 11 is 0. The van der Waals surface area contributed by atoms with Gasteiger partial charge in [0.05, 0.1) is 0 Å². The predicted molar refractivity (Wildman–Crippen MR) is 56.3 cm³/mol. The lowest BCUT2D eigenvalue weighted by atomic mass is 10.0. The highest BCUT2D eigenvalue weighted by Crippen LogP contribution is 2.14. The fourth-order valence-electron chi connectivity index (χ4n) is 1.28. The third kappa shape index (κ3) is 2.93. The van der Waals surface area contributed by atoms with Crippen molar-refractivity contribution in [3.05, 3.63) is 35.9 Å². The van der Waals surface area contributed by atoms with Crippen molar-refractivity contribution in [2.45, 2.75) is 19.4 Å². The second-order valence-electron chi connectivity index (χ2n) is 2.88. The van der Waals surface area contributed by atoms with E-state index >= 15 is 0 Å². The zero-order chi connectivity index (χ0) is 9.52. The summed E-state index contributed by atoms with van der Waals surface area (Å²) in [6, 6.07) is 10.7. The van der Waals surface area contributed by atoms with Crippen LogP contribution in [0.4, 0.5) is 0 Å². The molecule has 1 atom stereocenters. The molecule has 0 bridgehead atoms. The average molecular weight is 173 g/mol. The van der Waals surface area contributed by atoms with Gasteiger partial charge in [-0.05, 0) is 19.5 Å². The molecule has 0 spiro atoms. The number of benzene rings is 1. The van der Waals surface area contributed by atoms with Crippen LogP contribution >= 0.6 is 0 Å². The van der Waals surface area contributed by atoms with Gasteiger partial charge >= 0.3 is 0 Å². The van der Waals surface area contributed by atoms with Crippen LogP contribution in [0.15, 0.2) is 30.3 Å². The molecular weight excluding hydrogens is 158 g/mol. The Balaban J connectivity index is 2.70. The Hall–Kier alpha value is -1.26. The third-order valence-corrected chi connectivity index (χ3v) is 2.03. The van der Waals surface area contributed by atoms with E-state index in [9.17, 15) is 0 Å². The molecule has 0 aliphatic heterocycles. The summed E-state index contributed by atoms with van der Waals surface area (Å²) in [6.07, 6.45) is 0.872. The predicted octanol–water partition coefficient (Wildman–Crippen LogP) is 2.36. The van der Waals surface area contributed by atoms with Crippen LogP contribution in [-0.4, -0.2) is 7.05 Å². The van der Waals surface area contributed by atoms with E-state index in [1.807, 2.05) is 20.0 Å². The van der Waals surface area contributed by atoms with Crippen molar-refractivity contribution in [2.24, 2.45) is 0 Å². The van der Waals surface area contributed by atoms with E-state index in [1.165, 1.54) is 5.56 Å². The lowest BCUT2D eigenvalue weighted by molar-refractivity contribution is 0.611. The Morgan fingerprint density at radius 2 is 2.00 bits per heavy atom. The maximum atomic E-state index is 3.25. The Kier molecular flexibility index (Phi) is 4.08. The van der Waals surface area contributed by atoms with E-state index in [0.717, 1.165) is 6.42 Å². The molecular formula is C12H15N. The highest BCUT2D eigenvalue weighted by Gasteiger charge is 2.05. The molecule has 0 amide bonds. The molecule has 0 aliphatic rings. The molecule has 0 saturated carbocycles. The zero-order valence-electron chi connectivity index (χ0n) is 8.17. The van der Waals surface area contributed by atoms with Gasteiger partial charge in [-0.15, -0.1) is 11.8 Å². The van der Waals surface area contributed by atoms with Gasteiger partial charge in [0.1, 0.15) is 0 Å². The third-order valence-electron chi connectivity index (χ3n) is 2.03. The monoisotopic (exact) mass is 173 g/mol. The fraction of sp³-hybridized carbons (Fsp3) is 0.333. The minimum absolute atomic E-state index is 0.355. The van der Waals surface area contributed by atoms with Gasteiger partial charge in [0.25, 0.3) is 0 Å². The normalized spacial score (nSPS) is 11.5. The zero-order valence-corrected chi connectivity index (χ0v) is 8.17. The maximum Gasteiger partial charge on any atom is 0.0428 e. The van der Waals surface area contributed by atoms with Crippen LogP contribution in [0.1, 0.15) is 24.9 Å². The van der Waals surface area contributed by atoms with Gasteiger partial charge in [-0.1, -0.05) is 30.3 Å². The first kappa shape index (κ1) is 9.83. The fourth-order valence-corrected chi connectivity index (χ4v) is 1.28. The second-order valence-corrected chi connectivity index (χ2v) is 2.88. The van der Waals surface area contributed by atoms with Crippen LogP contribution in [0, 0.1) is 11.8 Å². The Bertz CT molecular complexity index is 292. The van der Waals surface area contributed by atoms with Crippen LogP contribution in [0.5, 0.6) is 0 Å². The topological polar surface area (TPSA) is 12.0 Å². The summed E-state index contributed by atoms with van der Waals surface area (Å²) in [6.45, 7) is 1.87. The van der Waals surface area contributed by atoms with Crippen LogP contribution in [0.2, 0.25) is 0 Å². The van der Waals surface area contributed by atoms with E-state index in [2.05, 4.69) is 41.4 Å². The van der Waals surface area contributed by atoms with Crippen molar-refractivity contribution in [1.82, 2.24) is 5.32 Å². The minimum atomic E-state index is 0.355. The van der Waals surface area contributed by atoms with Gasteiger partial charge in [0, 0.05) is 12.5 Å². The molecule has 1 heteroatoms. The Morgan fingerprint density at radius 1 is 1.31 bits per heavy atom. The SMILES string of the molecule is CC#CCC(NC)c1ccccc1. The lowest BCUT2D eigenvalue weighted by Crippen LogP contribution is -2.15. The number of rotatable bonds is 3. The summed E-state index contributed by atoms with van der Waals surface area (Å²) in [5.74, 6) is 6.00. The number of nitrogens with one attached hydrogen (secondary N) is 1. The van der Waals surface area contributed by atoms with E-state index in [0.29, 0.717) is 6.04 Å². The van der Waals surface area contributed by atoms with Gasteiger partial charge in [-0.25, -0.2) is 0 Å². The first-order chi connectivity index (χ1) is 6.38. The summed E-state index contributed by atoms with van der Waals surface area (Å²) in [7, 11) is 1.97. The van der Waals surface area contributed by atoms with Crippen molar-refractivity contribution in [3.63, 3.8) is 0 Å². The van der Waals surface area contributed by atoms with Gasteiger partial charge in [0.15, 0.2) is 0 Å². The molecule has 68 valence electrons. The van der Waals surface area contributed by atoms with Crippen molar-refractivity contribution in [3.8, 4) is 11.8 Å². The van der Waals surface area contributed by atoms with E-state index in [-0.39, 0.29) is 0 Å². The summed E-state index contributed by atoms with van der Waals surface area (Å²) in [5.41, 5.74) is 1.30. The van der Waals surface area contributed by atoms with E-state index < -0.39 is 0 Å². The molecule has 0 heterocycles. The minimum Gasteiger partial charge on any atom is -0.312 e. The van der Waals surface area contributed by atoms with Crippen LogP contribution in [-0.2, 0) is 0 Å². The molecule has 0 radical (unpaired) electrons. The van der Waals surface area contributed by atoms with Gasteiger partial charge in [0.2, 0.25) is 0 Å². The summed E-state index contributed by atoms with van der Waals surface area (Å²) < 4.78 is 0. The van der Waals surface area contributed by atoms with E-state index in [4.69, 9.17) is 0 Å². The largest absolute Gasteiger partial charge is 0.312 e. The van der Waals surface area contributed by atoms with Gasteiger partial charge in [-0.3, -0.25) is 0 Å². The van der Waals surface area contributed by atoms with Crippen LogP contribution in [0.3, 0.4) is 0 Å². The molecule has 0 aromatic heterocycles. The van der Waals surface area contributed by atoms with Crippen molar-refractivity contribution in [1.29, 1.82) is 0 Å². The maximum absolute atomic E-state index is 3.25. The summed E-state index contributed by atoms with van der Waals surface area (Å²) in [5, 5.41) is 3.25. The number of hydrogen-bond donors (Lipinski definition) is 1. The molecule has 1 N–H and O–H groups in total. The quantitative estimate of drug-likeness (QED) is 0.692. The molecule has 1 aromatic carbocycles. The van der Waals surface area contributed by atoms with Gasteiger partial charge in [-0.2, -0.15) is 0 Å². The van der Waals surface area contributed by atoms with Crippen molar-refractivity contribution >= 4 is 0 Å². The summed E-state index contributed by atoms with van der Waals surface area (Å²) in [4.78, 5) is 0. The number of hydrogen-bond acceptors (Lipinski definition) is 1. The van der Waals surface area contributed by atoms with Gasteiger partial charge < -0.3 is 5.32 Å². The molecule has 0 saturated heterocycles. The highest BCUT2D eigenvalue weighted by molar-refractivity contribution is 5.20. The average Bonchev–Trinajstić information content (AvgIpc) is 2.21.